The Kier molecular flexibility index (Phi) is 8.74. The van der Waals surface area contributed by atoms with Gasteiger partial charge in [-0.2, -0.15) is 0 Å². The molecule has 0 aliphatic carbocycles. The summed E-state index contributed by atoms with van der Waals surface area (Å²) >= 11 is 0. The van der Waals surface area contributed by atoms with Gasteiger partial charge < -0.3 is 18.3 Å². The van der Waals surface area contributed by atoms with Crippen LogP contribution in [0.3, 0.4) is 0 Å². The van der Waals surface area contributed by atoms with Gasteiger partial charge >= 0.3 is 0 Å². The Labute approximate surface area is 379 Å². The lowest BCUT2D eigenvalue weighted by Crippen LogP contribution is -2.09. The summed E-state index contributed by atoms with van der Waals surface area (Å²) in [5.74, 6) is 1.24. The zero-order valence-corrected chi connectivity index (χ0v) is 35.5. The van der Waals surface area contributed by atoms with E-state index in [-0.39, 0.29) is 0 Å². The number of rotatable bonds is 8. The molecule has 0 unspecified atom stereocenters. The van der Waals surface area contributed by atoms with Crippen LogP contribution in [-0.2, 0) is 0 Å². The molecular formula is C60H38N4O2. The number of anilines is 3. The van der Waals surface area contributed by atoms with Crippen LogP contribution in [0.15, 0.2) is 239 Å². The second-order valence-electron chi connectivity index (χ2n) is 16.6. The largest absolute Gasteiger partial charge is 0.436 e. The monoisotopic (exact) mass is 846 g/mol. The lowest BCUT2D eigenvalue weighted by atomic mass is 9.99. The molecule has 0 spiro atoms. The molecule has 0 saturated heterocycles. The van der Waals surface area contributed by atoms with Gasteiger partial charge in [0.1, 0.15) is 11.0 Å². The van der Waals surface area contributed by atoms with Crippen LogP contribution in [0, 0.1) is 0 Å². The van der Waals surface area contributed by atoms with Crippen molar-refractivity contribution in [2.75, 3.05) is 4.90 Å². The van der Waals surface area contributed by atoms with E-state index in [2.05, 4.69) is 191 Å². The number of fused-ring (bicyclic) bond motifs is 6. The normalized spacial score (nSPS) is 11.6. The average Bonchev–Trinajstić information content (AvgIpc) is 4.11. The van der Waals surface area contributed by atoms with Crippen LogP contribution < -0.4 is 4.90 Å². The van der Waals surface area contributed by atoms with Gasteiger partial charge in [-0.05, 0) is 142 Å². The standard InChI is InChI=1S/C60H38N4O2/c1-2-10-45-37-50(35-25-39(45)9-1)63(48-33-26-44(27-34-48)59-61-53-12-4-7-15-57(53)65-59)47-29-21-42(22-30-47)40-17-19-41(20-18-40)43-23-31-49(32-24-43)64-55-14-6-3-11-51(55)52-38-46(28-36-56(52)64)60-62-54-13-5-8-16-58(54)66-60/h1-38H. The van der Waals surface area contributed by atoms with Gasteiger partial charge in [-0.15, -0.1) is 0 Å². The van der Waals surface area contributed by atoms with Crippen molar-refractivity contribution in [3.63, 3.8) is 0 Å². The number of oxazole rings is 2. The molecule has 0 fully saturated rings. The molecule has 0 radical (unpaired) electrons. The third kappa shape index (κ3) is 6.51. The lowest BCUT2D eigenvalue weighted by molar-refractivity contribution is 0.619. The molecular weight excluding hydrogens is 809 g/mol. The summed E-state index contributed by atoms with van der Waals surface area (Å²) in [4.78, 5) is 11.8. The van der Waals surface area contributed by atoms with E-state index in [4.69, 9.17) is 18.8 Å². The minimum absolute atomic E-state index is 0.611. The fraction of sp³-hybridized carbons (Fsp3) is 0. The van der Waals surface area contributed by atoms with E-state index in [0.29, 0.717) is 11.8 Å². The van der Waals surface area contributed by atoms with E-state index in [1.807, 2.05) is 48.5 Å². The van der Waals surface area contributed by atoms with Gasteiger partial charge in [-0.3, -0.25) is 0 Å². The first-order chi connectivity index (χ1) is 32.7. The molecule has 0 aliphatic rings. The van der Waals surface area contributed by atoms with Gasteiger partial charge in [-0.1, -0.05) is 121 Å². The Morgan fingerprint density at radius 1 is 0.333 bits per heavy atom. The van der Waals surface area contributed by atoms with E-state index in [0.717, 1.165) is 94.7 Å². The summed E-state index contributed by atoms with van der Waals surface area (Å²) in [6.45, 7) is 0. The van der Waals surface area contributed by atoms with Crippen molar-refractivity contribution < 1.29 is 8.83 Å². The number of hydrogen-bond acceptors (Lipinski definition) is 5. The highest BCUT2D eigenvalue weighted by Gasteiger charge is 2.18. The summed E-state index contributed by atoms with van der Waals surface area (Å²) in [7, 11) is 0. The molecule has 0 N–H and O–H groups in total. The molecule has 310 valence electrons. The lowest BCUT2D eigenvalue weighted by Gasteiger charge is -2.26. The van der Waals surface area contributed by atoms with Crippen LogP contribution in [0.4, 0.5) is 17.1 Å². The SMILES string of the molecule is c1ccc2cc(N(c3ccc(-c4ccc(-c5ccc(-n6c7ccccc7c7cc(-c8nc9ccccc9o8)ccc76)cc5)cc4)cc3)c3ccc(-c4nc5ccccc5o4)cc3)ccc2c1. The maximum absolute atomic E-state index is 6.15. The van der Waals surface area contributed by atoms with Gasteiger partial charge in [0.05, 0.1) is 11.0 Å². The summed E-state index contributed by atoms with van der Waals surface area (Å²) in [5, 5.41) is 4.74. The second kappa shape index (κ2) is 15.4. The Hall–Kier alpha value is -9.00. The van der Waals surface area contributed by atoms with Crippen LogP contribution >= 0.6 is 0 Å². The zero-order valence-electron chi connectivity index (χ0n) is 35.5. The maximum Gasteiger partial charge on any atom is 0.227 e. The molecule has 13 rings (SSSR count). The molecule has 6 nitrogen and oxygen atoms in total. The smallest absolute Gasteiger partial charge is 0.227 e. The molecule has 66 heavy (non-hydrogen) atoms. The molecule has 0 atom stereocenters. The number of aromatic nitrogens is 3. The fourth-order valence-corrected chi connectivity index (χ4v) is 9.35. The number of hydrogen-bond donors (Lipinski definition) is 0. The van der Waals surface area contributed by atoms with Crippen molar-refractivity contribution in [3.8, 4) is 50.8 Å². The minimum Gasteiger partial charge on any atom is -0.436 e. The second-order valence-corrected chi connectivity index (χ2v) is 16.6. The fourth-order valence-electron chi connectivity index (χ4n) is 9.35. The average molecular weight is 847 g/mol. The predicted octanol–water partition coefficient (Wildman–Crippen LogP) is 16.4. The van der Waals surface area contributed by atoms with Crippen LogP contribution in [-0.4, -0.2) is 14.5 Å². The quantitative estimate of drug-likeness (QED) is 0.152. The minimum atomic E-state index is 0.611. The first kappa shape index (κ1) is 37.5. The summed E-state index contributed by atoms with van der Waals surface area (Å²) < 4.78 is 14.6. The molecule has 13 aromatic rings. The Morgan fingerprint density at radius 2 is 0.803 bits per heavy atom. The van der Waals surface area contributed by atoms with Gasteiger partial charge in [-0.25, -0.2) is 9.97 Å². The van der Waals surface area contributed by atoms with E-state index < -0.39 is 0 Å². The molecule has 0 saturated carbocycles. The van der Waals surface area contributed by atoms with E-state index in [1.165, 1.54) is 16.2 Å². The maximum atomic E-state index is 6.15. The van der Waals surface area contributed by atoms with Crippen molar-refractivity contribution in [1.29, 1.82) is 0 Å². The first-order valence-electron chi connectivity index (χ1n) is 22.1. The highest BCUT2D eigenvalue weighted by atomic mass is 16.4. The Balaban J connectivity index is 0.781. The summed E-state index contributed by atoms with van der Waals surface area (Å²) in [5.41, 5.74) is 16.4. The third-order valence-corrected chi connectivity index (χ3v) is 12.7. The Bertz CT molecular complexity index is 3850. The van der Waals surface area contributed by atoms with Crippen molar-refractivity contribution in [2.24, 2.45) is 0 Å². The van der Waals surface area contributed by atoms with Gasteiger partial charge in [0, 0.05) is 44.6 Å². The van der Waals surface area contributed by atoms with Crippen LogP contribution in [0.5, 0.6) is 0 Å². The van der Waals surface area contributed by atoms with Crippen LogP contribution in [0.2, 0.25) is 0 Å². The number of nitrogens with zero attached hydrogens (tertiary/aromatic N) is 4. The molecule has 3 heterocycles. The highest BCUT2D eigenvalue weighted by Crippen LogP contribution is 2.40. The van der Waals surface area contributed by atoms with Crippen LogP contribution in [0.25, 0.3) is 106 Å². The zero-order chi connectivity index (χ0) is 43.6. The molecule has 10 aromatic carbocycles. The van der Waals surface area contributed by atoms with E-state index in [9.17, 15) is 0 Å². The molecule has 3 aromatic heterocycles. The molecule has 0 aliphatic heterocycles. The topological polar surface area (TPSA) is 60.2 Å². The van der Waals surface area contributed by atoms with E-state index >= 15 is 0 Å². The molecule has 0 amide bonds. The molecule has 6 heteroatoms. The molecule has 0 bridgehead atoms. The van der Waals surface area contributed by atoms with Crippen molar-refractivity contribution in [2.45, 2.75) is 0 Å². The van der Waals surface area contributed by atoms with Gasteiger partial charge in [0.2, 0.25) is 11.8 Å². The first-order valence-corrected chi connectivity index (χ1v) is 22.1. The summed E-state index contributed by atoms with van der Waals surface area (Å²) in [6.07, 6.45) is 0. The van der Waals surface area contributed by atoms with Gasteiger partial charge in [0.15, 0.2) is 11.2 Å². The summed E-state index contributed by atoms with van der Waals surface area (Å²) in [6, 6.07) is 80.9. The van der Waals surface area contributed by atoms with Crippen LogP contribution in [0.1, 0.15) is 0 Å². The highest BCUT2D eigenvalue weighted by molar-refractivity contribution is 6.10. The third-order valence-electron chi connectivity index (χ3n) is 12.7. The van der Waals surface area contributed by atoms with Crippen molar-refractivity contribution in [3.05, 3.63) is 231 Å². The number of benzene rings is 10. The van der Waals surface area contributed by atoms with Gasteiger partial charge in [0.25, 0.3) is 0 Å². The van der Waals surface area contributed by atoms with E-state index in [1.54, 1.807) is 0 Å². The predicted molar refractivity (Wildman–Crippen MR) is 270 cm³/mol. The number of para-hydroxylation sites is 5. The van der Waals surface area contributed by atoms with Crippen molar-refractivity contribution in [1.82, 2.24) is 14.5 Å². The Morgan fingerprint density at radius 3 is 1.44 bits per heavy atom. The van der Waals surface area contributed by atoms with Crippen molar-refractivity contribution >= 4 is 71.8 Å².